The Hall–Kier alpha value is -2.33. The van der Waals surface area contributed by atoms with Crippen molar-refractivity contribution in [3.8, 4) is 0 Å². The van der Waals surface area contributed by atoms with Crippen LogP contribution < -0.4 is 4.90 Å². The van der Waals surface area contributed by atoms with E-state index < -0.39 is 0 Å². The van der Waals surface area contributed by atoms with Crippen molar-refractivity contribution >= 4 is 11.6 Å². The largest absolute Gasteiger partial charge is 0.380 e. The average Bonchev–Trinajstić information content (AvgIpc) is 2.63. The van der Waals surface area contributed by atoms with Crippen LogP contribution >= 0.6 is 0 Å². The Kier molecular flexibility index (Phi) is 4.93. The predicted molar refractivity (Wildman–Crippen MR) is 91.7 cm³/mol. The van der Waals surface area contributed by atoms with E-state index >= 15 is 0 Å². The molecule has 1 aliphatic rings. The second kappa shape index (κ2) is 7.29. The first-order valence-corrected chi connectivity index (χ1v) is 7.95. The van der Waals surface area contributed by atoms with Crippen LogP contribution in [0.3, 0.4) is 0 Å². The van der Waals surface area contributed by atoms with E-state index in [0.29, 0.717) is 6.61 Å². The number of carbonyl (C=O) groups is 1. The molecule has 0 radical (unpaired) electrons. The van der Waals surface area contributed by atoms with E-state index in [1.54, 1.807) is 7.11 Å². The summed E-state index contributed by atoms with van der Waals surface area (Å²) in [7, 11) is 1.67. The number of methoxy groups -OCH3 is 1. The molecular formula is C19H22N2O2. The van der Waals surface area contributed by atoms with Crippen molar-refractivity contribution < 1.29 is 9.53 Å². The zero-order chi connectivity index (χ0) is 16.1. The van der Waals surface area contributed by atoms with Gasteiger partial charge in [-0.2, -0.15) is 0 Å². The van der Waals surface area contributed by atoms with Crippen LogP contribution in [-0.4, -0.2) is 44.1 Å². The molecule has 0 aliphatic carbocycles. The highest BCUT2D eigenvalue weighted by molar-refractivity contribution is 5.94. The van der Waals surface area contributed by atoms with E-state index in [4.69, 9.17) is 4.74 Å². The number of hydrogen-bond acceptors (Lipinski definition) is 3. The van der Waals surface area contributed by atoms with E-state index in [2.05, 4.69) is 29.2 Å². The van der Waals surface area contributed by atoms with Gasteiger partial charge in [-0.3, -0.25) is 4.79 Å². The number of rotatable bonds is 4. The summed E-state index contributed by atoms with van der Waals surface area (Å²) in [4.78, 5) is 16.8. The number of nitrogens with zero attached hydrogens (tertiary/aromatic N) is 2. The van der Waals surface area contributed by atoms with Crippen LogP contribution in [0.25, 0.3) is 0 Å². The summed E-state index contributed by atoms with van der Waals surface area (Å²) in [5.41, 5.74) is 3.06. The van der Waals surface area contributed by atoms with Crippen molar-refractivity contribution in [3.05, 3.63) is 65.7 Å². The molecule has 0 saturated carbocycles. The molecule has 2 aromatic carbocycles. The zero-order valence-electron chi connectivity index (χ0n) is 13.4. The molecule has 4 heteroatoms. The van der Waals surface area contributed by atoms with E-state index in [9.17, 15) is 4.79 Å². The van der Waals surface area contributed by atoms with Gasteiger partial charge in [-0.25, -0.2) is 0 Å². The summed E-state index contributed by atoms with van der Waals surface area (Å²) in [5.74, 6) is 0.113. The van der Waals surface area contributed by atoms with Crippen LogP contribution in [0, 0.1) is 0 Å². The molecule has 0 aromatic heterocycles. The molecule has 1 fully saturated rings. The van der Waals surface area contributed by atoms with Crippen molar-refractivity contribution in [2.45, 2.75) is 6.61 Å². The van der Waals surface area contributed by atoms with Gasteiger partial charge in [0, 0.05) is 44.5 Å². The van der Waals surface area contributed by atoms with Crippen molar-refractivity contribution in [1.82, 2.24) is 4.90 Å². The highest BCUT2D eigenvalue weighted by Gasteiger charge is 2.22. The molecule has 0 unspecified atom stereocenters. The molecule has 1 amide bonds. The summed E-state index contributed by atoms with van der Waals surface area (Å²) in [6, 6.07) is 18.0. The van der Waals surface area contributed by atoms with E-state index in [-0.39, 0.29) is 5.91 Å². The minimum absolute atomic E-state index is 0.113. The second-order valence-electron chi connectivity index (χ2n) is 5.74. The summed E-state index contributed by atoms with van der Waals surface area (Å²) >= 11 is 0. The Bertz CT molecular complexity index is 632. The molecule has 3 rings (SSSR count). The maximum absolute atomic E-state index is 12.6. The van der Waals surface area contributed by atoms with Crippen molar-refractivity contribution in [3.63, 3.8) is 0 Å². The molecule has 0 spiro atoms. The summed E-state index contributed by atoms with van der Waals surface area (Å²) in [6.07, 6.45) is 0. The topological polar surface area (TPSA) is 32.8 Å². The average molecular weight is 310 g/mol. The van der Waals surface area contributed by atoms with Crippen molar-refractivity contribution in [2.75, 3.05) is 38.2 Å². The van der Waals surface area contributed by atoms with Gasteiger partial charge < -0.3 is 14.5 Å². The molecular weight excluding hydrogens is 288 g/mol. The van der Waals surface area contributed by atoms with Gasteiger partial charge in [-0.05, 0) is 29.8 Å². The van der Waals surface area contributed by atoms with Gasteiger partial charge in [-0.1, -0.05) is 30.3 Å². The maximum Gasteiger partial charge on any atom is 0.253 e. The predicted octanol–water partition coefficient (Wildman–Crippen LogP) is 2.80. The first kappa shape index (κ1) is 15.6. The van der Waals surface area contributed by atoms with Gasteiger partial charge in [0.05, 0.1) is 6.61 Å². The van der Waals surface area contributed by atoms with Crippen molar-refractivity contribution in [1.29, 1.82) is 0 Å². The molecule has 1 aliphatic heterocycles. The fourth-order valence-corrected chi connectivity index (χ4v) is 2.90. The number of benzene rings is 2. The molecule has 2 aromatic rings. The van der Waals surface area contributed by atoms with Gasteiger partial charge >= 0.3 is 0 Å². The zero-order valence-corrected chi connectivity index (χ0v) is 13.4. The lowest BCUT2D eigenvalue weighted by Crippen LogP contribution is -2.48. The summed E-state index contributed by atoms with van der Waals surface area (Å²) in [6.45, 7) is 3.83. The summed E-state index contributed by atoms with van der Waals surface area (Å²) < 4.78 is 5.10. The molecule has 1 saturated heterocycles. The minimum Gasteiger partial charge on any atom is -0.380 e. The lowest BCUT2D eigenvalue weighted by Gasteiger charge is -2.36. The van der Waals surface area contributed by atoms with Gasteiger partial charge in [-0.15, -0.1) is 0 Å². The Morgan fingerprint density at radius 2 is 1.61 bits per heavy atom. The Balaban J connectivity index is 1.59. The molecule has 0 atom stereocenters. The molecule has 0 bridgehead atoms. The number of amides is 1. The lowest BCUT2D eigenvalue weighted by molar-refractivity contribution is 0.0746. The lowest BCUT2D eigenvalue weighted by atomic mass is 10.1. The third kappa shape index (κ3) is 3.71. The van der Waals surface area contributed by atoms with Gasteiger partial charge in [0.15, 0.2) is 0 Å². The van der Waals surface area contributed by atoms with Gasteiger partial charge in [0.1, 0.15) is 0 Å². The van der Waals surface area contributed by atoms with Gasteiger partial charge in [0.2, 0.25) is 0 Å². The number of para-hydroxylation sites is 1. The van der Waals surface area contributed by atoms with Crippen LogP contribution in [0.1, 0.15) is 15.9 Å². The first-order chi connectivity index (χ1) is 11.3. The quantitative estimate of drug-likeness (QED) is 0.870. The highest BCUT2D eigenvalue weighted by Crippen LogP contribution is 2.17. The smallest absolute Gasteiger partial charge is 0.253 e. The number of hydrogen-bond donors (Lipinski definition) is 0. The molecule has 0 N–H and O–H groups in total. The molecule has 1 heterocycles. The Morgan fingerprint density at radius 1 is 0.957 bits per heavy atom. The van der Waals surface area contributed by atoms with E-state index in [0.717, 1.165) is 37.3 Å². The van der Waals surface area contributed by atoms with Crippen LogP contribution in [0.4, 0.5) is 5.69 Å². The maximum atomic E-state index is 12.6. The fourth-order valence-electron chi connectivity index (χ4n) is 2.90. The number of piperazine rings is 1. The Morgan fingerprint density at radius 3 is 2.22 bits per heavy atom. The second-order valence-corrected chi connectivity index (χ2v) is 5.74. The third-order valence-electron chi connectivity index (χ3n) is 4.20. The van der Waals surface area contributed by atoms with Gasteiger partial charge in [0.25, 0.3) is 5.91 Å². The Labute approximate surface area is 137 Å². The van der Waals surface area contributed by atoms with Crippen LogP contribution in [0.2, 0.25) is 0 Å². The SMILES string of the molecule is COCc1ccc(C(=O)N2CCN(c3ccccc3)CC2)cc1. The number of anilines is 1. The monoisotopic (exact) mass is 310 g/mol. The molecule has 23 heavy (non-hydrogen) atoms. The standard InChI is InChI=1S/C19H22N2O2/c1-23-15-16-7-9-17(10-8-16)19(22)21-13-11-20(12-14-21)18-5-3-2-4-6-18/h2-10H,11-15H2,1H3. The third-order valence-corrected chi connectivity index (χ3v) is 4.20. The fraction of sp³-hybridized carbons (Fsp3) is 0.316. The summed E-state index contributed by atoms with van der Waals surface area (Å²) in [5, 5.41) is 0. The van der Waals surface area contributed by atoms with Crippen LogP contribution in [0.15, 0.2) is 54.6 Å². The number of carbonyl (C=O) groups excluding carboxylic acids is 1. The minimum atomic E-state index is 0.113. The van der Waals surface area contributed by atoms with Crippen LogP contribution in [0.5, 0.6) is 0 Å². The first-order valence-electron chi connectivity index (χ1n) is 7.95. The molecule has 4 nitrogen and oxygen atoms in total. The highest BCUT2D eigenvalue weighted by atomic mass is 16.5. The normalized spacial score (nSPS) is 14.8. The number of ether oxygens (including phenoxy) is 1. The van der Waals surface area contributed by atoms with Crippen LogP contribution in [-0.2, 0) is 11.3 Å². The molecule has 120 valence electrons. The van der Waals surface area contributed by atoms with Crippen molar-refractivity contribution in [2.24, 2.45) is 0 Å². The van der Waals surface area contributed by atoms with E-state index in [1.807, 2.05) is 35.2 Å². The van der Waals surface area contributed by atoms with E-state index in [1.165, 1.54) is 5.69 Å².